The van der Waals surface area contributed by atoms with Crippen LogP contribution in [0, 0.1) is 12.7 Å². The van der Waals surface area contributed by atoms with E-state index in [0.29, 0.717) is 22.6 Å². The van der Waals surface area contributed by atoms with Crippen LogP contribution < -0.4 is 9.62 Å². The minimum absolute atomic E-state index is 0.00919. The van der Waals surface area contributed by atoms with Crippen molar-refractivity contribution in [1.29, 1.82) is 0 Å². The molecule has 2 amide bonds. The van der Waals surface area contributed by atoms with Gasteiger partial charge in [0.15, 0.2) is 0 Å². The molecule has 0 aliphatic rings. The first kappa shape index (κ1) is 27.6. The van der Waals surface area contributed by atoms with Gasteiger partial charge in [0.25, 0.3) is 0 Å². The van der Waals surface area contributed by atoms with E-state index in [-0.39, 0.29) is 24.2 Å². The Balaban J connectivity index is 2.48. The molecule has 2 rings (SSSR count). The van der Waals surface area contributed by atoms with E-state index in [1.54, 1.807) is 32.0 Å². The summed E-state index contributed by atoms with van der Waals surface area (Å²) in [6.07, 6.45) is 1.31. The number of carbonyl (C=O) groups is 2. The SMILES string of the molecule is CC[C@H](C(=O)NC(C)C)N(Cc1ccc(F)cc1)C(=O)CN(c1cccc(Cl)c1C)S(C)(=O)=O. The monoisotopic (exact) mass is 511 g/mol. The Hall–Kier alpha value is -2.65. The molecule has 0 saturated heterocycles. The van der Waals surface area contributed by atoms with Crippen LogP contribution in [-0.4, -0.2) is 50.0 Å². The lowest BCUT2D eigenvalue weighted by Crippen LogP contribution is -2.53. The zero-order chi connectivity index (χ0) is 25.6. The lowest BCUT2D eigenvalue weighted by molar-refractivity contribution is -0.140. The van der Waals surface area contributed by atoms with Gasteiger partial charge in [0.05, 0.1) is 11.9 Å². The van der Waals surface area contributed by atoms with Crippen molar-refractivity contribution in [3.05, 3.63) is 64.4 Å². The van der Waals surface area contributed by atoms with Gasteiger partial charge in [-0.3, -0.25) is 13.9 Å². The summed E-state index contributed by atoms with van der Waals surface area (Å²) in [6.45, 7) is 6.54. The largest absolute Gasteiger partial charge is 0.352 e. The number of anilines is 1. The number of hydrogen-bond donors (Lipinski definition) is 1. The smallest absolute Gasteiger partial charge is 0.244 e. The molecule has 0 fully saturated rings. The van der Waals surface area contributed by atoms with Crippen LogP contribution in [-0.2, 0) is 26.2 Å². The molecule has 2 aromatic rings. The van der Waals surface area contributed by atoms with Gasteiger partial charge in [-0.1, -0.05) is 36.7 Å². The van der Waals surface area contributed by atoms with E-state index in [1.165, 1.54) is 29.2 Å². The molecule has 0 bridgehead atoms. The first-order valence-electron chi connectivity index (χ1n) is 10.9. The summed E-state index contributed by atoms with van der Waals surface area (Å²) in [6, 6.07) is 9.41. The van der Waals surface area contributed by atoms with Crippen molar-refractivity contribution in [2.75, 3.05) is 17.1 Å². The molecule has 186 valence electrons. The van der Waals surface area contributed by atoms with E-state index in [1.807, 2.05) is 13.8 Å². The molecular formula is C24H31ClFN3O4S. The van der Waals surface area contributed by atoms with E-state index in [0.717, 1.165) is 10.6 Å². The summed E-state index contributed by atoms with van der Waals surface area (Å²) in [5.74, 6) is -1.34. The molecular weight excluding hydrogens is 481 g/mol. The van der Waals surface area contributed by atoms with Crippen molar-refractivity contribution in [3.8, 4) is 0 Å². The number of nitrogens with zero attached hydrogens (tertiary/aromatic N) is 2. The Morgan fingerprint density at radius 2 is 1.74 bits per heavy atom. The number of sulfonamides is 1. The van der Waals surface area contributed by atoms with Crippen LogP contribution in [0.2, 0.25) is 5.02 Å². The van der Waals surface area contributed by atoms with Crippen LogP contribution in [0.15, 0.2) is 42.5 Å². The number of rotatable bonds is 10. The van der Waals surface area contributed by atoms with Crippen molar-refractivity contribution in [2.24, 2.45) is 0 Å². The highest BCUT2D eigenvalue weighted by Crippen LogP contribution is 2.28. The maximum atomic E-state index is 13.6. The van der Waals surface area contributed by atoms with Gasteiger partial charge >= 0.3 is 0 Å². The zero-order valence-corrected chi connectivity index (χ0v) is 21.6. The lowest BCUT2D eigenvalue weighted by atomic mass is 10.1. The van der Waals surface area contributed by atoms with Crippen molar-refractivity contribution in [1.82, 2.24) is 10.2 Å². The fourth-order valence-electron chi connectivity index (χ4n) is 3.55. The van der Waals surface area contributed by atoms with E-state index < -0.39 is 34.3 Å². The van der Waals surface area contributed by atoms with Gasteiger partial charge in [-0.2, -0.15) is 0 Å². The highest BCUT2D eigenvalue weighted by atomic mass is 35.5. The number of carbonyl (C=O) groups excluding carboxylic acids is 2. The fraction of sp³-hybridized carbons (Fsp3) is 0.417. The van der Waals surface area contributed by atoms with Crippen LogP contribution in [0.4, 0.5) is 10.1 Å². The molecule has 0 heterocycles. The van der Waals surface area contributed by atoms with Crippen LogP contribution >= 0.6 is 11.6 Å². The minimum atomic E-state index is -3.86. The van der Waals surface area contributed by atoms with Crippen LogP contribution in [0.3, 0.4) is 0 Å². The summed E-state index contributed by atoms with van der Waals surface area (Å²) in [4.78, 5) is 27.8. The highest BCUT2D eigenvalue weighted by molar-refractivity contribution is 7.92. The Morgan fingerprint density at radius 3 is 2.26 bits per heavy atom. The summed E-state index contributed by atoms with van der Waals surface area (Å²) in [5.41, 5.74) is 1.40. The first-order valence-corrected chi connectivity index (χ1v) is 13.1. The molecule has 0 radical (unpaired) electrons. The van der Waals surface area contributed by atoms with Crippen LogP contribution in [0.25, 0.3) is 0 Å². The Morgan fingerprint density at radius 1 is 1.12 bits per heavy atom. The van der Waals surface area contributed by atoms with E-state index in [2.05, 4.69) is 5.32 Å². The molecule has 34 heavy (non-hydrogen) atoms. The number of hydrogen-bond acceptors (Lipinski definition) is 4. The fourth-order valence-corrected chi connectivity index (χ4v) is 4.62. The highest BCUT2D eigenvalue weighted by Gasteiger charge is 2.32. The number of nitrogens with one attached hydrogen (secondary N) is 1. The second-order valence-electron chi connectivity index (χ2n) is 8.39. The van der Waals surface area contributed by atoms with Crippen LogP contribution in [0.1, 0.15) is 38.3 Å². The minimum Gasteiger partial charge on any atom is -0.352 e. The number of benzene rings is 2. The van der Waals surface area contributed by atoms with Gasteiger partial charge in [0.1, 0.15) is 18.4 Å². The van der Waals surface area contributed by atoms with Gasteiger partial charge in [0, 0.05) is 17.6 Å². The molecule has 0 aromatic heterocycles. The normalized spacial score (nSPS) is 12.4. The third-order valence-corrected chi connectivity index (χ3v) is 6.81. The van der Waals surface area contributed by atoms with Crippen molar-refractivity contribution < 1.29 is 22.4 Å². The third kappa shape index (κ3) is 7.17. The first-order chi connectivity index (χ1) is 15.8. The van der Waals surface area contributed by atoms with Gasteiger partial charge < -0.3 is 10.2 Å². The second kappa shape index (κ2) is 11.7. The van der Waals surface area contributed by atoms with Gasteiger partial charge in [-0.25, -0.2) is 12.8 Å². The van der Waals surface area contributed by atoms with Crippen molar-refractivity contribution >= 4 is 39.1 Å². The number of amides is 2. The summed E-state index contributed by atoms with van der Waals surface area (Å²) < 4.78 is 39.7. The summed E-state index contributed by atoms with van der Waals surface area (Å²) in [5, 5.41) is 3.18. The average Bonchev–Trinajstić information content (AvgIpc) is 2.74. The maximum Gasteiger partial charge on any atom is 0.244 e. The van der Waals surface area contributed by atoms with Crippen molar-refractivity contribution in [3.63, 3.8) is 0 Å². The third-order valence-electron chi connectivity index (χ3n) is 5.27. The van der Waals surface area contributed by atoms with Crippen molar-refractivity contribution in [2.45, 2.75) is 52.7 Å². The molecule has 0 aliphatic heterocycles. The van der Waals surface area contributed by atoms with Gasteiger partial charge in [-0.05, 0) is 62.6 Å². The Labute approximate surface area is 205 Å². The van der Waals surface area contributed by atoms with Gasteiger partial charge in [-0.15, -0.1) is 0 Å². The molecule has 2 aromatic carbocycles. The zero-order valence-electron chi connectivity index (χ0n) is 20.0. The predicted molar refractivity (Wildman–Crippen MR) is 133 cm³/mol. The van der Waals surface area contributed by atoms with Gasteiger partial charge in [0.2, 0.25) is 21.8 Å². The maximum absolute atomic E-state index is 13.6. The molecule has 0 unspecified atom stereocenters. The molecule has 1 atom stereocenters. The van der Waals surface area contributed by atoms with Crippen LogP contribution in [0.5, 0.6) is 0 Å². The summed E-state index contributed by atoms with van der Waals surface area (Å²) >= 11 is 6.19. The Kier molecular flexibility index (Phi) is 9.46. The number of halogens is 2. The average molecular weight is 512 g/mol. The predicted octanol–water partition coefficient (Wildman–Crippen LogP) is 3.89. The molecule has 10 heteroatoms. The topological polar surface area (TPSA) is 86.8 Å². The Bertz CT molecular complexity index is 1120. The molecule has 7 nitrogen and oxygen atoms in total. The second-order valence-corrected chi connectivity index (χ2v) is 10.7. The summed E-state index contributed by atoms with van der Waals surface area (Å²) in [7, 11) is -3.86. The molecule has 0 spiro atoms. The lowest BCUT2D eigenvalue weighted by Gasteiger charge is -2.33. The quantitative estimate of drug-likeness (QED) is 0.524. The van der Waals surface area contributed by atoms with E-state index >= 15 is 0 Å². The van der Waals surface area contributed by atoms with E-state index in [9.17, 15) is 22.4 Å². The molecule has 0 aliphatic carbocycles. The molecule has 1 N–H and O–H groups in total. The standard InChI is InChI=1S/C24H31ClFN3O4S/c1-6-21(24(31)27-16(2)3)28(14-18-10-12-19(26)13-11-18)23(30)15-29(34(5,32)33)22-9-7-8-20(25)17(22)4/h7-13,16,21H,6,14-15H2,1-5H3,(H,27,31)/t21-/m1/s1. The molecule has 0 saturated carbocycles. The van der Waals surface area contributed by atoms with E-state index in [4.69, 9.17) is 11.6 Å².